The van der Waals surface area contributed by atoms with E-state index in [-0.39, 0.29) is 18.5 Å². The first-order valence-electron chi connectivity index (χ1n) is 2.96. The van der Waals surface area contributed by atoms with Crippen molar-refractivity contribution in [2.75, 3.05) is 26.2 Å². The lowest BCUT2D eigenvalue weighted by atomic mass is 10.5. The van der Waals surface area contributed by atoms with Crippen molar-refractivity contribution in [3.63, 3.8) is 0 Å². The smallest absolute Gasteiger partial charge is 0.409 e. The van der Waals surface area contributed by atoms with Crippen LogP contribution >= 0.6 is 12.4 Å². The minimum atomic E-state index is -0.236. The van der Waals surface area contributed by atoms with E-state index < -0.39 is 0 Å². The minimum Gasteiger partial charge on any atom is -0.448 e. The first-order chi connectivity index (χ1) is 4.34. The molecule has 0 saturated carbocycles. The van der Waals surface area contributed by atoms with E-state index in [4.69, 9.17) is 5.73 Å². The quantitative estimate of drug-likeness (QED) is 0.619. The summed E-state index contributed by atoms with van der Waals surface area (Å²) in [4.78, 5) is 12.2. The van der Waals surface area contributed by atoms with Gasteiger partial charge in [0, 0.05) is 13.1 Å². The van der Waals surface area contributed by atoms with Crippen LogP contribution in [0.5, 0.6) is 0 Å². The molecule has 60 valence electrons. The summed E-state index contributed by atoms with van der Waals surface area (Å²) in [6.45, 7) is 2.32. The van der Waals surface area contributed by atoms with E-state index in [0.29, 0.717) is 26.2 Å². The summed E-state index contributed by atoms with van der Waals surface area (Å²) in [6.07, 6.45) is -0.236. The van der Waals surface area contributed by atoms with Gasteiger partial charge in [-0.1, -0.05) is 0 Å². The lowest BCUT2D eigenvalue weighted by molar-refractivity contribution is 0.159. The van der Waals surface area contributed by atoms with Gasteiger partial charge in [-0.05, 0) is 0 Å². The molecule has 0 aliphatic carbocycles. The van der Waals surface area contributed by atoms with E-state index in [9.17, 15) is 4.79 Å². The molecule has 1 heterocycles. The molecule has 0 spiro atoms. The van der Waals surface area contributed by atoms with Gasteiger partial charge in [-0.3, -0.25) is 0 Å². The number of hydrogen-bond acceptors (Lipinski definition) is 3. The maximum Gasteiger partial charge on any atom is 0.409 e. The highest BCUT2D eigenvalue weighted by atomic mass is 35.5. The van der Waals surface area contributed by atoms with Crippen LogP contribution < -0.4 is 5.73 Å². The lowest BCUT2D eigenvalue weighted by Crippen LogP contribution is -2.29. The van der Waals surface area contributed by atoms with Crippen LogP contribution in [-0.2, 0) is 4.74 Å². The topological polar surface area (TPSA) is 55.6 Å². The summed E-state index contributed by atoms with van der Waals surface area (Å²) in [7, 11) is 0. The Kier molecular flexibility index (Phi) is 4.14. The van der Waals surface area contributed by atoms with Crippen LogP contribution in [-0.4, -0.2) is 37.2 Å². The molecule has 0 bridgehead atoms. The first kappa shape index (κ1) is 9.52. The van der Waals surface area contributed by atoms with Crippen LogP contribution in [0.4, 0.5) is 4.79 Å². The largest absolute Gasteiger partial charge is 0.448 e. The molecule has 4 nitrogen and oxygen atoms in total. The summed E-state index contributed by atoms with van der Waals surface area (Å²) in [5.41, 5.74) is 5.22. The van der Waals surface area contributed by atoms with Gasteiger partial charge in [0.1, 0.15) is 6.61 Å². The van der Waals surface area contributed by atoms with Crippen molar-refractivity contribution in [3.8, 4) is 0 Å². The number of carbonyl (C=O) groups is 1. The molecule has 0 aromatic carbocycles. The Labute approximate surface area is 65.7 Å². The number of nitrogens with two attached hydrogens (primary N) is 1. The summed E-state index contributed by atoms with van der Waals surface area (Å²) in [6, 6.07) is 0. The van der Waals surface area contributed by atoms with Gasteiger partial charge in [0.25, 0.3) is 0 Å². The van der Waals surface area contributed by atoms with E-state index in [2.05, 4.69) is 4.74 Å². The Hall–Kier alpha value is -0.480. The fraction of sp³-hybridized carbons (Fsp3) is 0.800. The van der Waals surface area contributed by atoms with Gasteiger partial charge in [0.15, 0.2) is 0 Å². The number of rotatable bonds is 2. The fourth-order valence-corrected chi connectivity index (χ4v) is 0.785. The number of hydrogen-bond donors (Lipinski definition) is 1. The van der Waals surface area contributed by atoms with Crippen LogP contribution in [0.3, 0.4) is 0 Å². The van der Waals surface area contributed by atoms with Crippen molar-refractivity contribution < 1.29 is 9.53 Å². The number of ether oxygens (including phenoxy) is 1. The standard InChI is InChI=1S/C5H10N2O2.ClH/c6-1-2-7-3-4-9-5(7)8;/h1-4,6H2;1H. The zero-order chi connectivity index (χ0) is 6.69. The molecule has 0 aromatic heterocycles. The molecule has 0 atom stereocenters. The van der Waals surface area contributed by atoms with Crippen LogP contribution in [0, 0.1) is 0 Å². The van der Waals surface area contributed by atoms with Crippen LogP contribution in [0.2, 0.25) is 0 Å². The van der Waals surface area contributed by atoms with Gasteiger partial charge in [0.05, 0.1) is 6.54 Å². The van der Waals surface area contributed by atoms with Crippen LogP contribution in [0.25, 0.3) is 0 Å². The molecule has 5 heteroatoms. The van der Waals surface area contributed by atoms with Crippen molar-refractivity contribution >= 4 is 18.5 Å². The number of carbonyl (C=O) groups excluding carboxylic acids is 1. The van der Waals surface area contributed by atoms with Crippen molar-refractivity contribution in [1.29, 1.82) is 0 Å². The van der Waals surface area contributed by atoms with Crippen molar-refractivity contribution in [2.24, 2.45) is 5.73 Å². The minimum absolute atomic E-state index is 0. The van der Waals surface area contributed by atoms with Gasteiger partial charge in [-0.2, -0.15) is 0 Å². The van der Waals surface area contributed by atoms with Crippen LogP contribution in [0.15, 0.2) is 0 Å². The molecule has 1 aliphatic rings. The summed E-state index contributed by atoms with van der Waals surface area (Å²) in [5, 5.41) is 0. The third kappa shape index (κ3) is 2.04. The predicted octanol–water partition coefficient (Wildman–Crippen LogP) is -0.181. The Morgan fingerprint density at radius 1 is 1.70 bits per heavy atom. The van der Waals surface area contributed by atoms with Crippen molar-refractivity contribution in [2.45, 2.75) is 0 Å². The van der Waals surface area contributed by atoms with Gasteiger partial charge in [-0.25, -0.2) is 4.79 Å². The first-order valence-corrected chi connectivity index (χ1v) is 2.96. The molecule has 1 fully saturated rings. The Balaban J connectivity index is 0.000000810. The number of halogens is 1. The van der Waals surface area contributed by atoms with E-state index in [1.165, 1.54) is 0 Å². The van der Waals surface area contributed by atoms with E-state index in [1.807, 2.05) is 0 Å². The van der Waals surface area contributed by atoms with Crippen molar-refractivity contribution in [1.82, 2.24) is 4.90 Å². The van der Waals surface area contributed by atoms with Gasteiger partial charge in [-0.15, -0.1) is 12.4 Å². The molecule has 0 unspecified atom stereocenters. The predicted molar refractivity (Wildman–Crippen MR) is 39.2 cm³/mol. The van der Waals surface area contributed by atoms with E-state index >= 15 is 0 Å². The molecule has 2 N–H and O–H groups in total. The van der Waals surface area contributed by atoms with Gasteiger partial charge < -0.3 is 15.4 Å². The SMILES string of the molecule is Cl.NCCN1CCOC1=O. The number of cyclic esters (lactones) is 1. The zero-order valence-corrected chi connectivity index (χ0v) is 6.39. The molecule has 1 aliphatic heterocycles. The van der Waals surface area contributed by atoms with E-state index in [0.717, 1.165) is 0 Å². The normalized spacial score (nSPS) is 16.5. The average molecular weight is 167 g/mol. The molecular weight excluding hydrogens is 156 g/mol. The molecule has 1 saturated heterocycles. The second-order valence-corrected chi connectivity index (χ2v) is 1.89. The summed E-state index contributed by atoms with van der Waals surface area (Å²) in [5.74, 6) is 0. The Morgan fingerprint density at radius 2 is 2.40 bits per heavy atom. The monoisotopic (exact) mass is 166 g/mol. The molecule has 1 amide bonds. The van der Waals surface area contributed by atoms with Gasteiger partial charge >= 0.3 is 6.09 Å². The molecule has 1 rings (SSSR count). The fourth-order valence-electron chi connectivity index (χ4n) is 0.785. The van der Waals surface area contributed by atoms with E-state index in [1.54, 1.807) is 4.90 Å². The molecule has 0 radical (unpaired) electrons. The maximum atomic E-state index is 10.6. The highest BCUT2D eigenvalue weighted by molar-refractivity contribution is 5.85. The van der Waals surface area contributed by atoms with Gasteiger partial charge in [0.2, 0.25) is 0 Å². The zero-order valence-electron chi connectivity index (χ0n) is 5.58. The Morgan fingerprint density at radius 3 is 2.80 bits per heavy atom. The highest BCUT2D eigenvalue weighted by Crippen LogP contribution is 2.00. The molecule has 0 aromatic rings. The highest BCUT2D eigenvalue weighted by Gasteiger charge is 2.19. The van der Waals surface area contributed by atoms with Crippen molar-refractivity contribution in [3.05, 3.63) is 0 Å². The third-order valence-electron chi connectivity index (χ3n) is 1.24. The second-order valence-electron chi connectivity index (χ2n) is 1.89. The lowest BCUT2D eigenvalue weighted by Gasteiger charge is -2.08. The Bertz CT molecular complexity index is 120. The average Bonchev–Trinajstić information content (AvgIpc) is 2.18. The molecule has 10 heavy (non-hydrogen) atoms. The molecular formula is C5H11ClN2O2. The summed E-state index contributed by atoms with van der Waals surface area (Å²) < 4.78 is 4.65. The number of amides is 1. The maximum absolute atomic E-state index is 10.6. The second kappa shape index (κ2) is 4.35. The van der Waals surface area contributed by atoms with Crippen LogP contribution in [0.1, 0.15) is 0 Å². The number of nitrogens with zero attached hydrogens (tertiary/aromatic N) is 1. The third-order valence-corrected chi connectivity index (χ3v) is 1.24. The summed E-state index contributed by atoms with van der Waals surface area (Å²) >= 11 is 0.